The Balaban J connectivity index is 5.68. The van der Waals surface area contributed by atoms with Crippen LogP contribution in [0.5, 0.6) is 0 Å². The van der Waals surface area contributed by atoms with Crippen LogP contribution in [-0.4, -0.2) is 30.4 Å². The average Bonchev–Trinajstić information content (AvgIpc) is 2.59. The summed E-state index contributed by atoms with van der Waals surface area (Å²) in [5.41, 5.74) is -1.06. The zero-order valence-corrected chi connectivity index (χ0v) is 14.9. The molecule has 0 rings (SSSR count). The molecule has 3 nitrogen and oxygen atoms in total. The lowest BCUT2D eigenvalue weighted by Gasteiger charge is -2.34. The molecule has 0 aromatic carbocycles. The van der Waals surface area contributed by atoms with E-state index < -0.39 is 47.9 Å². The summed E-state index contributed by atoms with van der Waals surface area (Å²) in [5, 5.41) is 1.42. The Morgan fingerprint density at radius 3 is 1.62 bits per heavy atom. The van der Waals surface area contributed by atoms with Gasteiger partial charge >= 0.3 is 30.0 Å². The number of rotatable bonds is 13. The lowest BCUT2D eigenvalue weighted by molar-refractivity contribution is -0.384. The van der Waals surface area contributed by atoms with Crippen molar-refractivity contribution in [1.29, 1.82) is 0 Å². The number of carbonyl (C=O) groups excluding carboxylic acids is 1. The molecule has 0 aliphatic carbocycles. The summed E-state index contributed by atoms with van der Waals surface area (Å²) < 4.78 is 119. The molecule has 0 radical (unpaired) electrons. The van der Waals surface area contributed by atoms with Crippen molar-refractivity contribution >= 4 is 5.91 Å². The normalized spacial score (nSPS) is 12.7. The van der Waals surface area contributed by atoms with E-state index in [4.69, 9.17) is 0 Å². The molecule has 12 heteroatoms. The van der Waals surface area contributed by atoms with Crippen molar-refractivity contribution in [3.05, 3.63) is 50.1 Å². The number of alkyl halides is 6. The first-order valence-corrected chi connectivity index (χ1v) is 7.78. The Morgan fingerprint density at radius 1 is 0.862 bits per heavy atom. The quantitative estimate of drug-likeness (QED) is 0.226. The maximum atomic E-state index is 13.8. The molecule has 29 heavy (non-hydrogen) atoms. The van der Waals surface area contributed by atoms with Crippen LogP contribution >= 0.6 is 0 Å². The Morgan fingerprint density at radius 2 is 1.28 bits per heavy atom. The molecule has 0 saturated heterocycles. The molecule has 0 aliphatic heterocycles. The van der Waals surface area contributed by atoms with Crippen molar-refractivity contribution in [2.75, 3.05) is 6.54 Å². The Kier molecular flexibility index (Phi) is 9.06. The van der Waals surface area contributed by atoms with Gasteiger partial charge in [-0.05, 0) is 24.7 Å². The summed E-state index contributed by atoms with van der Waals surface area (Å²) in [5.74, 6) is -15.7. The van der Waals surface area contributed by atoms with E-state index in [0.717, 1.165) is 0 Å². The number of allylic oxidation sites excluding steroid dienone is 3. The first-order chi connectivity index (χ1) is 13.1. The highest BCUT2D eigenvalue weighted by atomic mass is 19.4. The third-order valence-corrected chi connectivity index (χ3v) is 3.77. The summed E-state index contributed by atoms with van der Waals surface area (Å²) in [7, 11) is 0. The van der Waals surface area contributed by atoms with Gasteiger partial charge in [0.15, 0.2) is 0 Å². The van der Waals surface area contributed by atoms with Crippen molar-refractivity contribution in [2.24, 2.45) is 5.41 Å². The Labute approximate surface area is 160 Å². The standard InChI is InChI=1S/C17H18F9NO2/c1-4-7-14(8-5-2,9-6-3)10-27-13(28)15(21,22)16(23,24)17(25,26)29-12(20)11(18)19/h4-6H,1-3,7-10H2,(H,27,28). The van der Waals surface area contributed by atoms with Crippen LogP contribution in [-0.2, 0) is 9.53 Å². The van der Waals surface area contributed by atoms with E-state index >= 15 is 0 Å². The third kappa shape index (κ3) is 6.04. The maximum Gasteiger partial charge on any atom is 0.473 e. The van der Waals surface area contributed by atoms with Gasteiger partial charge < -0.3 is 10.1 Å². The monoisotopic (exact) mass is 439 g/mol. The fourth-order valence-corrected chi connectivity index (χ4v) is 2.30. The lowest BCUT2D eigenvalue weighted by atomic mass is 9.78. The van der Waals surface area contributed by atoms with Crippen LogP contribution in [0.3, 0.4) is 0 Å². The van der Waals surface area contributed by atoms with E-state index in [1.54, 1.807) is 0 Å². The molecule has 0 heterocycles. The second-order valence-corrected chi connectivity index (χ2v) is 5.96. The summed E-state index contributed by atoms with van der Waals surface area (Å²) in [6.07, 6.45) is -5.79. The molecule has 0 atom stereocenters. The van der Waals surface area contributed by atoms with Crippen LogP contribution in [0.25, 0.3) is 0 Å². The fraction of sp³-hybridized carbons (Fsp3) is 0.471. The van der Waals surface area contributed by atoms with Crippen LogP contribution in [0.15, 0.2) is 50.1 Å². The van der Waals surface area contributed by atoms with E-state index in [2.05, 4.69) is 24.5 Å². The topological polar surface area (TPSA) is 38.3 Å². The number of nitrogens with one attached hydrogen (secondary N) is 1. The highest BCUT2D eigenvalue weighted by Crippen LogP contribution is 2.48. The minimum Gasteiger partial charge on any atom is -0.397 e. The van der Waals surface area contributed by atoms with Crippen molar-refractivity contribution in [3.8, 4) is 0 Å². The number of hydrogen-bond acceptors (Lipinski definition) is 2. The van der Waals surface area contributed by atoms with E-state index in [-0.39, 0.29) is 19.3 Å². The van der Waals surface area contributed by atoms with Gasteiger partial charge in [0.1, 0.15) is 0 Å². The van der Waals surface area contributed by atoms with Gasteiger partial charge in [0, 0.05) is 6.54 Å². The number of hydrogen-bond donors (Lipinski definition) is 1. The Hall–Kier alpha value is -2.40. The van der Waals surface area contributed by atoms with Gasteiger partial charge in [-0.25, -0.2) is 0 Å². The molecule has 0 aromatic rings. The first kappa shape index (κ1) is 26.6. The van der Waals surface area contributed by atoms with E-state index in [1.165, 1.54) is 23.5 Å². The second kappa shape index (κ2) is 9.88. The van der Waals surface area contributed by atoms with Crippen molar-refractivity contribution in [1.82, 2.24) is 5.32 Å². The zero-order chi connectivity index (χ0) is 23.1. The molecule has 0 aromatic heterocycles. The molecular weight excluding hydrogens is 421 g/mol. The van der Waals surface area contributed by atoms with Gasteiger partial charge in [0.2, 0.25) is 0 Å². The van der Waals surface area contributed by atoms with E-state index in [0.29, 0.717) is 0 Å². The molecule has 0 saturated carbocycles. The number of amides is 1. The van der Waals surface area contributed by atoms with Gasteiger partial charge in [-0.2, -0.15) is 39.5 Å². The molecule has 0 spiro atoms. The maximum absolute atomic E-state index is 13.8. The number of halogens is 9. The predicted molar refractivity (Wildman–Crippen MR) is 86.2 cm³/mol. The van der Waals surface area contributed by atoms with Gasteiger partial charge in [0.25, 0.3) is 5.91 Å². The van der Waals surface area contributed by atoms with Crippen LogP contribution < -0.4 is 5.32 Å². The molecule has 0 fully saturated rings. The summed E-state index contributed by atoms with van der Waals surface area (Å²) >= 11 is 0. The second-order valence-electron chi connectivity index (χ2n) is 5.96. The highest BCUT2D eigenvalue weighted by Gasteiger charge is 2.77. The van der Waals surface area contributed by atoms with Crippen LogP contribution in [0.2, 0.25) is 0 Å². The summed E-state index contributed by atoms with van der Waals surface area (Å²) in [6, 6.07) is -3.49. The zero-order valence-electron chi connectivity index (χ0n) is 14.9. The van der Waals surface area contributed by atoms with Crippen LogP contribution in [0, 0.1) is 5.41 Å². The van der Waals surface area contributed by atoms with Crippen molar-refractivity contribution in [3.63, 3.8) is 0 Å². The van der Waals surface area contributed by atoms with Gasteiger partial charge in [-0.3, -0.25) is 4.79 Å². The molecule has 0 bridgehead atoms. The predicted octanol–water partition coefficient (Wildman–Crippen LogP) is 5.73. The molecular formula is C17H18F9NO2. The smallest absolute Gasteiger partial charge is 0.397 e. The lowest BCUT2D eigenvalue weighted by Crippen LogP contribution is -2.62. The van der Waals surface area contributed by atoms with Gasteiger partial charge in [0.05, 0.1) is 0 Å². The minimum atomic E-state index is -6.67. The molecule has 1 N–H and O–H groups in total. The third-order valence-electron chi connectivity index (χ3n) is 3.77. The largest absolute Gasteiger partial charge is 0.473 e. The van der Waals surface area contributed by atoms with E-state index in [9.17, 15) is 44.3 Å². The van der Waals surface area contributed by atoms with E-state index in [1.807, 2.05) is 0 Å². The molecule has 1 amide bonds. The first-order valence-electron chi connectivity index (χ1n) is 7.78. The molecule has 0 unspecified atom stereocenters. The number of ether oxygens (including phenoxy) is 1. The fourth-order valence-electron chi connectivity index (χ4n) is 2.30. The summed E-state index contributed by atoms with van der Waals surface area (Å²) in [4.78, 5) is 11.6. The number of carbonyl (C=O) groups is 1. The Bertz CT molecular complexity index is 629. The van der Waals surface area contributed by atoms with Gasteiger partial charge in [-0.15, -0.1) is 19.7 Å². The van der Waals surface area contributed by atoms with Crippen LogP contribution in [0.1, 0.15) is 19.3 Å². The van der Waals surface area contributed by atoms with Crippen molar-refractivity contribution in [2.45, 2.75) is 37.2 Å². The average molecular weight is 439 g/mol. The summed E-state index contributed by atoms with van der Waals surface area (Å²) in [6.45, 7) is 9.61. The SMILES string of the molecule is C=CCC(CC=C)(CC=C)CNC(=O)C(F)(F)C(F)(F)C(F)(F)OC(F)=C(F)F. The minimum absolute atomic E-state index is 0.0817. The van der Waals surface area contributed by atoms with Gasteiger partial charge in [-0.1, -0.05) is 18.2 Å². The van der Waals surface area contributed by atoms with Crippen molar-refractivity contribution < 1.29 is 49.0 Å². The van der Waals surface area contributed by atoms with Crippen LogP contribution in [0.4, 0.5) is 39.5 Å². The highest BCUT2D eigenvalue weighted by molar-refractivity contribution is 5.84. The molecule has 166 valence electrons. The molecule has 0 aliphatic rings.